The number of hydrogen-bond donors (Lipinski definition) is 1. The van der Waals surface area contributed by atoms with Crippen LogP contribution in [-0.4, -0.2) is 70.3 Å². The molecule has 2 heterocycles. The Labute approximate surface area is 110 Å². The molecule has 1 aliphatic heterocycles. The Morgan fingerprint density at radius 3 is 2.42 bits per heavy atom. The van der Waals surface area contributed by atoms with Crippen LogP contribution in [0.1, 0.15) is 23.4 Å². The minimum absolute atomic E-state index is 0.184. The van der Waals surface area contributed by atoms with Gasteiger partial charge in [0.15, 0.2) is 0 Å². The maximum atomic E-state index is 12.1. The van der Waals surface area contributed by atoms with E-state index in [1.54, 1.807) is 9.80 Å². The van der Waals surface area contributed by atoms with E-state index in [1.807, 2.05) is 6.92 Å². The van der Waals surface area contributed by atoms with Crippen molar-refractivity contribution in [3.05, 3.63) is 11.6 Å². The molecule has 8 heteroatoms. The van der Waals surface area contributed by atoms with Gasteiger partial charge in [-0.3, -0.25) is 9.89 Å². The number of carbonyl (C=O) groups is 2. The van der Waals surface area contributed by atoms with Crippen molar-refractivity contribution < 1.29 is 14.3 Å². The molecule has 0 atom stereocenters. The number of amides is 2. The van der Waals surface area contributed by atoms with Crippen LogP contribution in [0, 0.1) is 0 Å². The van der Waals surface area contributed by atoms with E-state index >= 15 is 0 Å². The standard InChI is InChI=1S/C11H17N5O3/c1-3-8-12-9(14-13-8)10(17)15-4-6-16(7-5-15)11(18)19-2/h3-7H2,1-2H3,(H,12,13,14). The lowest BCUT2D eigenvalue weighted by Crippen LogP contribution is -2.50. The van der Waals surface area contributed by atoms with E-state index in [2.05, 4.69) is 19.9 Å². The molecule has 1 fully saturated rings. The summed E-state index contributed by atoms with van der Waals surface area (Å²) in [4.78, 5) is 30.8. The Balaban J connectivity index is 1.94. The maximum Gasteiger partial charge on any atom is 0.409 e. The van der Waals surface area contributed by atoms with Gasteiger partial charge in [-0.2, -0.15) is 0 Å². The topological polar surface area (TPSA) is 91.4 Å². The molecular weight excluding hydrogens is 250 g/mol. The third-order valence-electron chi connectivity index (χ3n) is 3.06. The fraction of sp³-hybridized carbons (Fsp3) is 0.636. The molecule has 104 valence electrons. The van der Waals surface area contributed by atoms with Crippen molar-refractivity contribution in [2.24, 2.45) is 0 Å². The van der Waals surface area contributed by atoms with Crippen LogP contribution in [0.25, 0.3) is 0 Å². The molecule has 0 bridgehead atoms. The van der Waals surface area contributed by atoms with Crippen LogP contribution in [0.5, 0.6) is 0 Å². The number of nitrogens with one attached hydrogen (secondary N) is 1. The lowest BCUT2D eigenvalue weighted by Gasteiger charge is -2.33. The first-order valence-electron chi connectivity index (χ1n) is 6.19. The molecule has 0 aliphatic carbocycles. The Morgan fingerprint density at radius 1 is 1.26 bits per heavy atom. The Hall–Kier alpha value is -2.12. The minimum Gasteiger partial charge on any atom is -0.453 e. The first kappa shape index (κ1) is 13.3. The quantitative estimate of drug-likeness (QED) is 0.807. The van der Waals surface area contributed by atoms with Crippen molar-refractivity contribution in [2.45, 2.75) is 13.3 Å². The van der Waals surface area contributed by atoms with Crippen molar-refractivity contribution in [1.29, 1.82) is 0 Å². The number of ether oxygens (including phenoxy) is 1. The van der Waals surface area contributed by atoms with Gasteiger partial charge in [0.05, 0.1) is 7.11 Å². The molecular formula is C11H17N5O3. The number of aromatic amines is 1. The number of hydrogen-bond acceptors (Lipinski definition) is 5. The zero-order valence-corrected chi connectivity index (χ0v) is 11.0. The van der Waals surface area contributed by atoms with Crippen LogP contribution < -0.4 is 0 Å². The average molecular weight is 267 g/mol. The van der Waals surface area contributed by atoms with Gasteiger partial charge in [-0.1, -0.05) is 6.92 Å². The summed E-state index contributed by atoms with van der Waals surface area (Å²) in [7, 11) is 1.35. The van der Waals surface area contributed by atoms with E-state index in [0.29, 0.717) is 38.4 Å². The summed E-state index contributed by atoms with van der Waals surface area (Å²) in [6.45, 7) is 3.78. The van der Waals surface area contributed by atoms with E-state index in [1.165, 1.54) is 7.11 Å². The highest BCUT2D eigenvalue weighted by Gasteiger charge is 2.27. The van der Waals surface area contributed by atoms with Crippen LogP contribution in [0.15, 0.2) is 0 Å². The van der Waals surface area contributed by atoms with Crippen LogP contribution >= 0.6 is 0 Å². The van der Waals surface area contributed by atoms with Gasteiger partial charge in [-0.05, 0) is 0 Å². The van der Waals surface area contributed by atoms with Gasteiger partial charge in [0.2, 0.25) is 5.82 Å². The normalized spacial score (nSPS) is 15.5. The molecule has 8 nitrogen and oxygen atoms in total. The predicted molar refractivity (Wildman–Crippen MR) is 65.6 cm³/mol. The van der Waals surface area contributed by atoms with Crippen LogP contribution in [-0.2, 0) is 11.2 Å². The first-order chi connectivity index (χ1) is 9.15. The molecule has 0 unspecified atom stereocenters. The van der Waals surface area contributed by atoms with Crippen molar-refractivity contribution in [3.8, 4) is 0 Å². The zero-order chi connectivity index (χ0) is 13.8. The number of aryl methyl sites for hydroxylation is 1. The molecule has 0 spiro atoms. The second kappa shape index (κ2) is 5.68. The fourth-order valence-corrected chi connectivity index (χ4v) is 1.91. The summed E-state index contributed by atoms with van der Waals surface area (Å²) >= 11 is 0. The third kappa shape index (κ3) is 2.83. The monoisotopic (exact) mass is 267 g/mol. The van der Waals surface area contributed by atoms with E-state index < -0.39 is 0 Å². The molecule has 0 aromatic carbocycles. The number of methoxy groups -OCH3 is 1. The third-order valence-corrected chi connectivity index (χ3v) is 3.06. The van der Waals surface area contributed by atoms with Gasteiger partial charge in [0.1, 0.15) is 5.82 Å². The van der Waals surface area contributed by atoms with Crippen molar-refractivity contribution in [1.82, 2.24) is 25.0 Å². The zero-order valence-electron chi connectivity index (χ0n) is 11.0. The van der Waals surface area contributed by atoms with Crippen LogP contribution in [0.4, 0.5) is 4.79 Å². The molecule has 2 amide bonds. The second-order valence-corrected chi connectivity index (χ2v) is 4.21. The van der Waals surface area contributed by atoms with Crippen LogP contribution in [0.2, 0.25) is 0 Å². The summed E-state index contributed by atoms with van der Waals surface area (Å²) in [5.41, 5.74) is 0. The summed E-state index contributed by atoms with van der Waals surface area (Å²) < 4.78 is 4.64. The summed E-state index contributed by atoms with van der Waals surface area (Å²) in [5.74, 6) is 0.667. The molecule has 0 saturated carbocycles. The number of H-pyrrole nitrogens is 1. The van der Waals surface area contributed by atoms with E-state index in [0.717, 1.165) is 0 Å². The van der Waals surface area contributed by atoms with Crippen molar-refractivity contribution >= 4 is 12.0 Å². The largest absolute Gasteiger partial charge is 0.453 e. The van der Waals surface area contributed by atoms with Gasteiger partial charge in [-0.25, -0.2) is 9.78 Å². The maximum absolute atomic E-state index is 12.1. The Kier molecular flexibility index (Phi) is 3.98. The van der Waals surface area contributed by atoms with E-state index in [4.69, 9.17) is 0 Å². The molecule has 1 aromatic heterocycles. The molecule has 1 N–H and O–H groups in total. The Morgan fingerprint density at radius 2 is 1.89 bits per heavy atom. The second-order valence-electron chi connectivity index (χ2n) is 4.21. The summed E-state index contributed by atoms with van der Waals surface area (Å²) in [5, 5.41) is 6.62. The molecule has 19 heavy (non-hydrogen) atoms. The van der Waals surface area contributed by atoms with Gasteiger partial charge in [0, 0.05) is 32.6 Å². The highest BCUT2D eigenvalue weighted by atomic mass is 16.5. The van der Waals surface area contributed by atoms with E-state index in [9.17, 15) is 9.59 Å². The van der Waals surface area contributed by atoms with Crippen molar-refractivity contribution in [3.63, 3.8) is 0 Å². The minimum atomic E-state index is -0.363. The van der Waals surface area contributed by atoms with Crippen molar-refractivity contribution in [2.75, 3.05) is 33.3 Å². The van der Waals surface area contributed by atoms with Gasteiger partial charge >= 0.3 is 6.09 Å². The molecule has 1 aliphatic rings. The average Bonchev–Trinajstić information content (AvgIpc) is 2.94. The summed E-state index contributed by atoms with van der Waals surface area (Å²) in [6, 6.07) is 0. The highest BCUT2D eigenvalue weighted by Crippen LogP contribution is 2.07. The fourth-order valence-electron chi connectivity index (χ4n) is 1.91. The van der Waals surface area contributed by atoms with Gasteiger partial charge in [-0.15, -0.1) is 5.10 Å². The summed E-state index contributed by atoms with van der Waals surface area (Å²) in [6.07, 6.45) is 0.342. The highest BCUT2D eigenvalue weighted by molar-refractivity contribution is 5.90. The SMILES string of the molecule is CCc1nc(C(=O)N2CCN(C(=O)OC)CC2)n[nH]1. The molecule has 2 rings (SSSR count). The smallest absolute Gasteiger partial charge is 0.409 e. The molecule has 1 aromatic rings. The number of aromatic nitrogens is 3. The lowest BCUT2D eigenvalue weighted by atomic mass is 10.3. The lowest BCUT2D eigenvalue weighted by molar-refractivity contribution is 0.0589. The number of nitrogens with zero attached hydrogens (tertiary/aromatic N) is 4. The molecule has 1 saturated heterocycles. The van der Waals surface area contributed by atoms with Gasteiger partial charge < -0.3 is 14.5 Å². The number of rotatable bonds is 2. The number of piperazine rings is 1. The van der Waals surface area contributed by atoms with Gasteiger partial charge in [0.25, 0.3) is 5.91 Å². The number of carbonyl (C=O) groups excluding carboxylic acids is 2. The first-order valence-corrected chi connectivity index (χ1v) is 6.19. The predicted octanol–water partition coefficient (Wildman–Crippen LogP) is -0.109. The molecule has 0 radical (unpaired) electrons. The van der Waals surface area contributed by atoms with E-state index in [-0.39, 0.29) is 17.8 Å². The van der Waals surface area contributed by atoms with Crippen LogP contribution in [0.3, 0.4) is 0 Å². The Bertz CT molecular complexity index is 465.